The molecule has 0 spiro atoms. The number of rotatable bonds is 5. The maximum atomic E-state index is 12.9. The van der Waals surface area contributed by atoms with Crippen LogP contribution in [0.2, 0.25) is 0 Å². The van der Waals surface area contributed by atoms with Gasteiger partial charge in [0.2, 0.25) is 5.91 Å². The number of ether oxygens (including phenoxy) is 1. The van der Waals surface area contributed by atoms with Gasteiger partial charge in [0.05, 0.1) is 10.6 Å². The monoisotopic (exact) mass is 399 g/mol. The Morgan fingerprint density at radius 1 is 1.38 bits per heavy atom. The number of pyridine rings is 1. The molecule has 3 rings (SSSR count). The zero-order valence-corrected chi connectivity index (χ0v) is 16.2. The predicted octanol–water partition coefficient (Wildman–Crippen LogP) is 2.27. The van der Waals surface area contributed by atoms with Crippen LogP contribution in [0, 0.1) is 23.0 Å². The molecular weight excluding hydrogens is 378 g/mol. The summed E-state index contributed by atoms with van der Waals surface area (Å²) in [4.78, 5) is 41.4. The van der Waals surface area contributed by atoms with Crippen LogP contribution in [-0.2, 0) is 9.59 Å². The molecule has 0 radical (unpaired) electrons. The molecule has 10 nitrogen and oxygen atoms in total. The molecule has 0 saturated carbocycles. The average Bonchev–Trinajstić information content (AvgIpc) is 2.65. The third kappa shape index (κ3) is 4.10. The standard InChI is InChI=1S/C19H21N5O5/c1-10(2)17-19(26)23(18-14(29-17)6-7-15(20)22-18)9-16(25)21-13-8-12(24(27)28)5-4-11(13)3/h4-8,10,17H,9H2,1-3H3,(H2,20,22)(H,21,25). The van der Waals surface area contributed by atoms with Crippen LogP contribution in [-0.4, -0.2) is 34.4 Å². The van der Waals surface area contributed by atoms with E-state index in [2.05, 4.69) is 10.3 Å². The second-order valence-electron chi connectivity index (χ2n) is 7.07. The molecule has 29 heavy (non-hydrogen) atoms. The first-order valence-corrected chi connectivity index (χ1v) is 8.97. The summed E-state index contributed by atoms with van der Waals surface area (Å²) in [6, 6.07) is 7.33. The van der Waals surface area contributed by atoms with E-state index in [0.29, 0.717) is 17.0 Å². The summed E-state index contributed by atoms with van der Waals surface area (Å²) in [6.07, 6.45) is -0.764. The summed E-state index contributed by atoms with van der Waals surface area (Å²) < 4.78 is 5.74. The van der Waals surface area contributed by atoms with E-state index in [9.17, 15) is 19.7 Å². The van der Waals surface area contributed by atoms with Gasteiger partial charge in [-0.05, 0) is 30.5 Å². The molecule has 0 fully saturated rings. The van der Waals surface area contributed by atoms with Gasteiger partial charge in [-0.2, -0.15) is 0 Å². The number of hydrogen-bond donors (Lipinski definition) is 2. The molecule has 2 heterocycles. The summed E-state index contributed by atoms with van der Waals surface area (Å²) in [6.45, 7) is 5.05. The van der Waals surface area contributed by atoms with Gasteiger partial charge in [0.1, 0.15) is 12.4 Å². The van der Waals surface area contributed by atoms with Gasteiger partial charge in [-0.25, -0.2) is 4.98 Å². The Bertz CT molecular complexity index is 991. The number of nitrogens with zero attached hydrogens (tertiary/aromatic N) is 3. The molecule has 0 bridgehead atoms. The average molecular weight is 399 g/mol. The second kappa shape index (κ2) is 7.74. The topological polar surface area (TPSA) is 141 Å². The van der Waals surface area contributed by atoms with Crippen LogP contribution in [0.4, 0.5) is 23.0 Å². The molecule has 10 heteroatoms. The third-order valence-corrected chi connectivity index (χ3v) is 4.49. The van der Waals surface area contributed by atoms with E-state index in [4.69, 9.17) is 10.5 Å². The largest absolute Gasteiger partial charge is 0.476 e. The lowest BCUT2D eigenvalue weighted by Crippen LogP contribution is -2.51. The number of anilines is 3. The van der Waals surface area contributed by atoms with Crippen molar-refractivity contribution < 1.29 is 19.2 Å². The molecule has 0 saturated heterocycles. The molecule has 1 atom stereocenters. The van der Waals surface area contributed by atoms with Crippen LogP contribution in [0.25, 0.3) is 0 Å². The SMILES string of the molecule is Cc1ccc([N+](=O)[O-])cc1NC(=O)CN1C(=O)C(C(C)C)Oc2ccc(N)nc21. The van der Waals surface area contributed by atoms with Gasteiger partial charge in [0.25, 0.3) is 11.6 Å². The molecular formula is C19H21N5O5. The van der Waals surface area contributed by atoms with Crippen LogP contribution >= 0.6 is 0 Å². The third-order valence-electron chi connectivity index (χ3n) is 4.49. The molecule has 152 valence electrons. The van der Waals surface area contributed by atoms with E-state index < -0.39 is 22.8 Å². The fourth-order valence-electron chi connectivity index (χ4n) is 2.95. The van der Waals surface area contributed by atoms with Crippen LogP contribution in [0.15, 0.2) is 30.3 Å². The van der Waals surface area contributed by atoms with E-state index in [1.165, 1.54) is 17.0 Å². The van der Waals surface area contributed by atoms with Crippen LogP contribution in [0.3, 0.4) is 0 Å². The number of nitrogen functional groups attached to an aromatic ring is 1. The Morgan fingerprint density at radius 3 is 2.76 bits per heavy atom. The number of nitrogens with one attached hydrogen (secondary N) is 1. The quantitative estimate of drug-likeness (QED) is 0.580. The molecule has 1 unspecified atom stereocenters. The molecule has 1 aromatic carbocycles. The highest BCUT2D eigenvalue weighted by molar-refractivity contribution is 6.06. The van der Waals surface area contributed by atoms with Crippen molar-refractivity contribution in [3.63, 3.8) is 0 Å². The Kier molecular flexibility index (Phi) is 5.35. The lowest BCUT2D eigenvalue weighted by molar-refractivity contribution is -0.384. The summed E-state index contributed by atoms with van der Waals surface area (Å²) in [5.41, 5.74) is 6.54. The number of nitrogens with two attached hydrogens (primary N) is 1. The zero-order chi connectivity index (χ0) is 21.3. The minimum atomic E-state index is -0.764. The zero-order valence-electron chi connectivity index (χ0n) is 16.2. The number of hydrogen-bond acceptors (Lipinski definition) is 7. The van der Waals surface area contributed by atoms with Gasteiger partial charge in [-0.3, -0.25) is 24.6 Å². The van der Waals surface area contributed by atoms with Crippen LogP contribution < -0.4 is 20.7 Å². The summed E-state index contributed by atoms with van der Waals surface area (Å²) >= 11 is 0. The second-order valence-corrected chi connectivity index (χ2v) is 7.07. The molecule has 0 aliphatic carbocycles. The normalized spacial score (nSPS) is 15.7. The molecule has 1 aliphatic heterocycles. The van der Waals surface area contributed by atoms with Gasteiger partial charge in [-0.15, -0.1) is 0 Å². The minimum absolute atomic E-state index is 0.127. The molecule has 1 aromatic heterocycles. The Labute approximate surface area is 166 Å². The van der Waals surface area contributed by atoms with Crippen molar-refractivity contribution in [2.75, 3.05) is 22.5 Å². The number of fused-ring (bicyclic) bond motifs is 1. The van der Waals surface area contributed by atoms with Crippen molar-refractivity contribution >= 4 is 34.8 Å². The number of carbonyl (C=O) groups excluding carboxylic acids is 2. The van der Waals surface area contributed by atoms with Crippen LogP contribution in [0.1, 0.15) is 19.4 Å². The molecule has 1 aliphatic rings. The van der Waals surface area contributed by atoms with E-state index >= 15 is 0 Å². The molecule has 2 amide bonds. The van der Waals surface area contributed by atoms with E-state index in [1.54, 1.807) is 25.1 Å². The first kappa shape index (κ1) is 20.1. The number of aryl methyl sites for hydroxylation is 1. The van der Waals surface area contributed by atoms with Crippen molar-refractivity contribution in [2.45, 2.75) is 26.9 Å². The summed E-state index contributed by atoms with van der Waals surface area (Å²) in [5.74, 6) is -0.353. The van der Waals surface area contributed by atoms with Gasteiger partial charge in [0.15, 0.2) is 17.7 Å². The number of non-ortho nitro benzene ring substituents is 1. The van der Waals surface area contributed by atoms with E-state index in [-0.39, 0.29) is 29.8 Å². The van der Waals surface area contributed by atoms with E-state index in [0.717, 1.165) is 0 Å². The van der Waals surface area contributed by atoms with Gasteiger partial charge >= 0.3 is 0 Å². The number of carbonyl (C=O) groups is 2. The van der Waals surface area contributed by atoms with Gasteiger partial charge < -0.3 is 15.8 Å². The first-order valence-electron chi connectivity index (χ1n) is 8.97. The maximum absolute atomic E-state index is 12.9. The fraction of sp³-hybridized carbons (Fsp3) is 0.316. The molecule has 3 N–H and O–H groups in total. The Balaban J connectivity index is 1.87. The van der Waals surface area contributed by atoms with Crippen molar-refractivity contribution in [1.82, 2.24) is 4.98 Å². The van der Waals surface area contributed by atoms with Crippen molar-refractivity contribution in [2.24, 2.45) is 5.92 Å². The summed E-state index contributed by atoms with van der Waals surface area (Å²) in [5, 5.41) is 13.6. The smallest absolute Gasteiger partial charge is 0.271 e. The first-order chi connectivity index (χ1) is 13.7. The van der Waals surface area contributed by atoms with Gasteiger partial charge in [0, 0.05) is 12.1 Å². The highest BCUT2D eigenvalue weighted by atomic mass is 16.6. The van der Waals surface area contributed by atoms with Crippen molar-refractivity contribution in [1.29, 1.82) is 0 Å². The maximum Gasteiger partial charge on any atom is 0.271 e. The van der Waals surface area contributed by atoms with E-state index in [1.807, 2.05) is 13.8 Å². The Morgan fingerprint density at radius 2 is 2.10 bits per heavy atom. The lowest BCUT2D eigenvalue weighted by Gasteiger charge is -2.34. The highest BCUT2D eigenvalue weighted by Crippen LogP contribution is 2.34. The lowest BCUT2D eigenvalue weighted by atomic mass is 10.0. The van der Waals surface area contributed by atoms with Crippen molar-refractivity contribution in [3.8, 4) is 5.75 Å². The van der Waals surface area contributed by atoms with Gasteiger partial charge in [-0.1, -0.05) is 19.9 Å². The Hall–Kier alpha value is -3.69. The summed E-state index contributed by atoms with van der Waals surface area (Å²) in [7, 11) is 0. The number of aromatic nitrogens is 1. The van der Waals surface area contributed by atoms with Crippen LogP contribution in [0.5, 0.6) is 5.75 Å². The number of benzene rings is 1. The number of amides is 2. The minimum Gasteiger partial charge on any atom is -0.476 e. The predicted molar refractivity (Wildman–Crippen MR) is 107 cm³/mol. The highest BCUT2D eigenvalue weighted by Gasteiger charge is 2.38. The number of nitro groups is 1. The van der Waals surface area contributed by atoms with Crippen molar-refractivity contribution in [3.05, 3.63) is 46.0 Å². The fourth-order valence-corrected chi connectivity index (χ4v) is 2.95. The molecule has 2 aromatic rings. The number of nitro benzene ring substituents is 1.